The lowest BCUT2D eigenvalue weighted by atomic mass is 10.1. The molecule has 16 heavy (non-hydrogen) atoms. The fraction of sp³-hybridized carbons (Fsp3) is 0.800. The van der Waals surface area contributed by atoms with E-state index in [0.29, 0.717) is 13.1 Å². The second kappa shape index (κ2) is 7.78. The fourth-order valence-electron chi connectivity index (χ4n) is 1.19. The summed E-state index contributed by atoms with van der Waals surface area (Å²) in [5, 5.41) is 14.2. The lowest BCUT2D eigenvalue weighted by molar-refractivity contribution is 0.205. The highest BCUT2D eigenvalue weighted by Gasteiger charge is 2.14. The highest BCUT2D eigenvalue weighted by Crippen LogP contribution is 1.98. The monoisotopic (exact) mass is 230 g/mol. The number of rotatable bonds is 6. The summed E-state index contributed by atoms with van der Waals surface area (Å²) < 4.78 is 0. The standard InChI is InChI=1S/C10H22N4O2/c1-4-5-6-12-10(15)14(3)7-8(2)9(11)13-16/h8,16H,4-7H2,1-3H3,(H2,11,13)(H,12,15). The summed E-state index contributed by atoms with van der Waals surface area (Å²) in [5.74, 6) is -0.0277. The summed E-state index contributed by atoms with van der Waals surface area (Å²) in [5.41, 5.74) is 5.43. The van der Waals surface area contributed by atoms with Gasteiger partial charge in [0, 0.05) is 26.1 Å². The molecule has 6 heteroatoms. The average molecular weight is 230 g/mol. The van der Waals surface area contributed by atoms with Gasteiger partial charge in [-0.3, -0.25) is 0 Å². The molecule has 1 atom stereocenters. The summed E-state index contributed by atoms with van der Waals surface area (Å²) in [6, 6.07) is -0.133. The maximum atomic E-state index is 11.5. The first-order valence-corrected chi connectivity index (χ1v) is 5.49. The molecule has 0 saturated heterocycles. The number of amides is 2. The third kappa shape index (κ3) is 5.43. The van der Waals surface area contributed by atoms with Crippen LogP contribution in [0.2, 0.25) is 0 Å². The van der Waals surface area contributed by atoms with Gasteiger partial charge in [0.05, 0.1) is 0 Å². The number of hydrogen-bond acceptors (Lipinski definition) is 3. The Morgan fingerprint density at radius 3 is 2.75 bits per heavy atom. The molecule has 0 aromatic carbocycles. The molecule has 0 rings (SSSR count). The number of oxime groups is 1. The zero-order valence-electron chi connectivity index (χ0n) is 10.2. The highest BCUT2D eigenvalue weighted by molar-refractivity contribution is 5.83. The number of hydrogen-bond donors (Lipinski definition) is 3. The molecule has 0 aromatic rings. The van der Waals surface area contributed by atoms with Gasteiger partial charge in [0.1, 0.15) is 5.84 Å². The van der Waals surface area contributed by atoms with Gasteiger partial charge < -0.3 is 21.2 Å². The molecule has 0 heterocycles. The van der Waals surface area contributed by atoms with Gasteiger partial charge in [0.2, 0.25) is 0 Å². The van der Waals surface area contributed by atoms with E-state index >= 15 is 0 Å². The number of unbranched alkanes of at least 4 members (excludes halogenated alkanes) is 1. The van der Waals surface area contributed by atoms with E-state index in [2.05, 4.69) is 17.4 Å². The SMILES string of the molecule is CCCCNC(=O)N(C)CC(C)C(N)=NO. The Labute approximate surface area is 96.5 Å². The molecule has 0 aromatic heterocycles. The first-order valence-electron chi connectivity index (χ1n) is 5.49. The number of nitrogens with zero attached hydrogens (tertiary/aromatic N) is 2. The zero-order valence-corrected chi connectivity index (χ0v) is 10.2. The third-order valence-corrected chi connectivity index (χ3v) is 2.32. The quantitative estimate of drug-likeness (QED) is 0.207. The number of urea groups is 1. The lowest BCUT2D eigenvalue weighted by Gasteiger charge is -2.21. The average Bonchev–Trinajstić information content (AvgIpc) is 2.27. The van der Waals surface area contributed by atoms with E-state index in [4.69, 9.17) is 10.9 Å². The van der Waals surface area contributed by atoms with Crippen molar-refractivity contribution in [3.05, 3.63) is 0 Å². The largest absolute Gasteiger partial charge is 0.409 e. The summed E-state index contributed by atoms with van der Waals surface area (Å²) >= 11 is 0. The van der Waals surface area contributed by atoms with Gasteiger partial charge in [-0.15, -0.1) is 0 Å². The van der Waals surface area contributed by atoms with Crippen molar-refractivity contribution in [1.82, 2.24) is 10.2 Å². The number of carbonyl (C=O) groups excluding carboxylic acids is 1. The molecule has 0 aliphatic rings. The van der Waals surface area contributed by atoms with Crippen LogP contribution in [0, 0.1) is 5.92 Å². The Kier molecular flexibility index (Phi) is 7.07. The maximum Gasteiger partial charge on any atom is 0.317 e. The first-order chi connectivity index (χ1) is 7.52. The van der Waals surface area contributed by atoms with Crippen LogP contribution in [0.1, 0.15) is 26.7 Å². The number of nitrogens with two attached hydrogens (primary N) is 1. The maximum absolute atomic E-state index is 11.5. The van der Waals surface area contributed by atoms with Gasteiger partial charge in [-0.25, -0.2) is 4.79 Å². The minimum Gasteiger partial charge on any atom is -0.409 e. The van der Waals surface area contributed by atoms with E-state index in [1.807, 2.05) is 0 Å². The topological polar surface area (TPSA) is 91.0 Å². The van der Waals surface area contributed by atoms with Crippen LogP contribution < -0.4 is 11.1 Å². The van der Waals surface area contributed by atoms with Gasteiger partial charge in [-0.1, -0.05) is 25.4 Å². The second-order valence-electron chi connectivity index (χ2n) is 3.89. The second-order valence-corrected chi connectivity index (χ2v) is 3.89. The third-order valence-electron chi connectivity index (χ3n) is 2.32. The Hall–Kier alpha value is -1.46. The number of amidine groups is 1. The van der Waals surface area contributed by atoms with E-state index in [9.17, 15) is 4.79 Å². The van der Waals surface area contributed by atoms with Crippen molar-refractivity contribution < 1.29 is 10.0 Å². The molecule has 0 bridgehead atoms. The van der Waals surface area contributed by atoms with Crippen LogP contribution in [0.25, 0.3) is 0 Å². The fourth-order valence-corrected chi connectivity index (χ4v) is 1.19. The van der Waals surface area contributed by atoms with Crippen molar-refractivity contribution in [3.63, 3.8) is 0 Å². The Balaban J connectivity index is 3.95. The van der Waals surface area contributed by atoms with Crippen molar-refractivity contribution in [2.45, 2.75) is 26.7 Å². The van der Waals surface area contributed by atoms with E-state index in [-0.39, 0.29) is 17.8 Å². The highest BCUT2D eigenvalue weighted by atomic mass is 16.4. The van der Waals surface area contributed by atoms with E-state index in [1.165, 1.54) is 4.90 Å². The van der Waals surface area contributed by atoms with Gasteiger partial charge >= 0.3 is 6.03 Å². The molecule has 0 spiro atoms. The van der Waals surface area contributed by atoms with Crippen molar-refractivity contribution in [1.29, 1.82) is 0 Å². The van der Waals surface area contributed by atoms with Crippen LogP contribution in [0.5, 0.6) is 0 Å². The van der Waals surface area contributed by atoms with Crippen LogP contribution >= 0.6 is 0 Å². The van der Waals surface area contributed by atoms with Crippen LogP contribution in [0.15, 0.2) is 5.16 Å². The Bertz CT molecular complexity index is 243. The molecular formula is C10H22N4O2. The van der Waals surface area contributed by atoms with Gasteiger partial charge in [0.15, 0.2) is 0 Å². The zero-order chi connectivity index (χ0) is 12.6. The van der Waals surface area contributed by atoms with Crippen LogP contribution in [0.4, 0.5) is 4.79 Å². The van der Waals surface area contributed by atoms with Crippen molar-refractivity contribution >= 4 is 11.9 Å². The molecule has 0 fully saturated rings. The van der Waals surface area contributed by atoms with Crippen molar-refractivity contribution in [2.24, 2.45) is 16.8 Å². The predicted molar refractivity (Wildman–Crippen MR) is 63.5 cm³/mol. The van der Waals surface area contributed by atoms with Crippen molar-refractivity contribution in [2.75, 3.05) is 20.1 Å². The minimum absolute atomic E-state index is 0.133. The van der Waals surface area contributed by atoms with E-state index in [1.54, 1.807) is 14.0 Å². The molecule has 1 unspecified atom stereocenters. The molecule has 2 amide bonds. The number of carbonyl (C=O) groups is 1. The predicted octanol–water partition coefficient (Wildman–Crippen LogP) is 0.810. The number of nitrogens with one attached hydrogen (secondary N) is 1. The van der Waals surface area contributed by atoms with Crippen LogP contribution in [-0.4, -0.2) is 42.1 Å². The Morgan fingerprint density at radius 2 is 2.25 bits per heavy atom. The molecule has 94 valence electrons. The van der Waals surface area contributed by atoms with Crippen LogP contribution in [-0.2, 0) is 0 Å². The molecule has 6 nitrogen and oxygen atoms in total. The van der Waals surface area contributed by atoms with Gasteiger partial charge in [-0.05, 0) is 6.42 Å². The van der Waals surface area contributed by atoms with E-state index < -0.39 is 0 Å². The normalized spacial score (nSPS) is 13.3. The molecule has 0 aliphatic carbocycles. The minimum atomic E-state index is -0.160. The lowest BCUT2D eigenvalue weighted by Crippen LogP contribution is -2.42. The van der Waals surface area contributed by atoms with Gasteiger partial charge in [0.25, 0.3) is 0 Å². The summed E-state index contributed by atoms with van der Waals surface area (Å²) in [4.78, 5) is 13.1. The summed E-state index contributed by atoms with van der Waals surface area (Å²) in [6.45, 7) is 4.96. The first kappa shape index (κ1) is 14.5. The Morgan fingerprint density at radius 1 is 1.62 bits per heavy atom. The van der Waals surface area contributed by atoms with Gasteiger partial charge in [-0.2, -0.15) is 0 Å². The van der Waals surface area contributed by atoms with Crippen LogP contribution in [0.3, 0.4) is 0 Å². The molecule has 0 aliphatic heterocycles. The molecule has 0 radical (unpaired) electrons. The summed E-state index contributed by atoms with van der Waals surface area (Å²) in [7, 11) is 1.68. The smallest absolute Gasteiger partial charge is 0.317 e. The molecule has 0 saturated carbocycles. The van der Waals surface area contributed by atoms with E-state index in [0.717, 1.165) is 12.8 Å². The molecular weight excluding hydrogens is 208 g/mol. The van der Waals surface area contributed by atoms with Crippen molar-refractivity contribution in [3.8, 4) is 0 Å². The molecule has 4 N–H and O–H groups in total. The summed E-state index contributed by atoms with van der Waals surface area (Å²) in [6.07, 6.45) is 2.01.